The maximum absolute atomic E-state index is 10.4. The lowest BCUT2D eigenvalue weighted by atomic mass is 9.95. The van der Waals surface area contributed by atoms with Crippen LogP contribution in [0.5, 0.6) is 5.75 Å². The van der Waals surface area contributed by atoms with E-state index in [-0.39, 0.29) is 0 Å². The Bertz CT molecular complexity index is 457. The predicted molar refractivity (Wildman–Crippen MR) is 70.6 cm³/mol. The first kappa shape index (κ1) is 12.1. The van der Waals surface area contributed by atoms with E-state index in [0.29, 0.717) is 6.42 Å². The summed E-state index contributed by atoms with van der Waals surface area (Å²) in [5.74, 6) is 0.838. The number of rotatable bonds is 4. The van der Waals surface area contributed by atoms with Crippen molar-refractivity contribution in [2.24, 2.45) is 0 Å². The summed E-state index contributed by atoms with van der Waals surface area (Å²) in [5, 5.41) is 12.4. The van der Waals surface area contributed by atoms with Gasteiger partial charge in [-0.3, -0.25) is 0 Å². The Kier molecular flexibility index (Phi) is 3.50. The van der Waals surface area contributed by atoms with E-state index >= 15 is 0 Å². The number of hydrogen-bond acceptors (Lipinski definition) is 3. The van der Waals surface area contributed by atoms with Gasteiger partial charge in [-0.2, -0.15) is 0 Å². The lowest BCUT2D eigenvalue weighted by Crippen LogP contribution is -2.22. The summed E-state index contributed by atoms with van der Waals surface area (Å²) in [7, 11) is 1.65. The SMILES string of the molecule is COc1ccc(CC(C)(O)c2cccs2)cc1. The molecule has 1 aromatic carbocycles. The van der Waals surface area contributed by atoms with Crippen LogP contribution in [0.25, 0.3) is 0 Å². The zero-order valence-electron chi connectivity index (χ0n) is 10.0. The molecular weight excluding hydrogens is 232 g/mol. The van der Waals surface area contributed by atoms with Gasteiger partial charge >= 0.3 is 0 Å². The van der Waals surface area contributed by atoms with Crippen LogP contribution in [-0.4, -0.2) is 12.2 Å². The van der Waals surface area contributed by atoms with Crippen molar-refractivity contribution in [3.8, 4) is 5.75 Å². The molecule has 3 heteroatoms. The van der Waals surface area contributed by atoms with Crippen molar-refractivity contribution in [2.75, 3.05) is 7.11 Å². The fourth-order valence-corrected chi connectivity index (χ4v) is 2.60. The summed E-state index contributed by atoms with van der Waals surface area (Å²) in [6.07, 6.45) is 0.609. The molecule has 2 nitrogen and oxygen atoms in total. The van der Waals surface area contributed by atoms with Gasteiger partial charge in [0.05, 0.1) is 12.7 Å². The quantitative estimate of drug-likeness (QED) is 0.900. The fourth-order valence-electron chi connectivity index (χ4n) is 1.81. The van der Waals surface area contributed by atoms with Gasteiger partial charge in [0, 0.05) is 11.3 Å². The lowest BCUT2D eigenvalue weighted by molar-refractivity contribution is 0.0615. The average molecular weight is 248 g/mol. The minimum Gasteiger partial charge on any atom is -0.497 e. The molecule has 0 aliphatic rings. The molecule has 0 radical (unpaired) electrons. The van der Waals surface area contributed by atoms with Crippen LogP contribution in [0.15, 0.2) is 41.8 Å². The molecule has 1 aromatic heterocycles. The van der Waals surface area contributed by atoms with Crippen molar-refractivity contribution in [1.82, 2.24) is 0 Å². The molecule has 0 saturated carbocycles. The highest BCUT2D eigenvalue weighted by atomic mass is 32.1. The van der Waals surface area contributed by atoms with Gasteiger partial charge in [-0.25, -0.2) is 0 Å². The second kappa shape index (κ2) is 4.90. The lowest BCUT2D eigenvalue weighted by Gasteiger charge is -2.22. The van der Waals surface area contributed by atoms with Gasteiger partial charge < -0.3 is 9.84 Å². The molecule has 0 bridgehead atoms. The molecule has 1 heterocycles. The van der Waals surface area contributed by atoms with Crippen LogP contribution in [0.3, 0.4) is 0 Å². The first-order chi connectivity index (χ1) is 8.12. The highest BCUT2D eigenvalue weighted by Gasteiger charge is 2.24. The Hall–Kier alpha value is -1.32. The number of benzene rings is 1. The standard InChI is InChI=1S/C14H16O2S/c1-14(15,13-4-3-9-17-13)10-11-5-7-12(16-2)8-6-11/h3-9,15H,10H2,1-2H3. The Morgan fingerprint density at radius 1 is 1.24 bits per heavy atom. The van der Waals surface area contributed by atoms with E-state index in [1.54, 1.807) is 18.4 Å². The highest BCUT2D eigenvalue weighted by molar-refractivity contribution is 7.10. The largest absolute Gasteiger partial charge is 0.497 e. The zero-order chi connectivity index (χ0) is 12.3. The molecule has 90 valence electrons. The Morgan fingerprint density at radius 2 is 1.94 bits per heavy atom. The monoisotopic (exact) mass is 248 g/mol. The molecule has 0 aliphatic heterocycles. The Balaban J connectivity index is 2.14. The number of ether oxygens (including phenoxy) is 1. The summed E-state index contributed by atoms with van der Waals surface area (Å²) in [5.41, 5.74) is 0.298. The maximum atomic E-state index is 10.4. The molecule has 1 unspecified atom stereocenters. The molecule has 17 heavy (non-hydrogen) atoms. The second-order valence-electron chi connectivity index (χ2n) is 4.28. The van der Waals surface area contributed by atoms with E-state index < -0.39 is 5.60 Å². The maximum Gasteiger partial charge on any atom is 0.118 e. The van der Waals surface area contributed by atoms with E-state index in [2.05, 4.69) is 0 Å². The number of aliphatic hydroxyl groups is 1. The van der Waals surface area contributed by atoms with Gasteiger partial charge in [0.2, 0.25) is 0 Å². The van der Waals surface area contributed by atoms with E-state index in [1.165, 1.54) is 0 Å². The van der Waals surface area contributed by atoms with Crippen LogP contribution in [0, 0.1) is 0 Å². The van der Waals surface area contributed by atoms with Crippen LogP contribution >= 0.6 is 11.3 Å². The van der Waals surface area contributed by atoms with Crippen molar-refractivity contribution in [1.29, 1.82) is 0 Å². The van der Waals surface area contributed by atoms with Crippen LogP contribution in [0.4, 0.5) is 0 Å². The molecule has 0 amide bonds. The van der Waals surface area contributed by atoms with Crippen LogP contribution < -0.4 is 4.74 Å². The highest BCUT2D eigenvalue weighted by Crippen LogP contribution is 2.29. The van der Waals surface area contributed by atoms with E-state index in [1.807, 2.05) is 48.7 Å². The van der Waals surface area contributed by atoms with E-state index in [0.717, 1.165) is 16.2 Å². The van der Waals surface area contributed by atoms with Crippen molar-refractivity contribution >= 4 is 11.3 Å². The third-order valence-electron chi connectivity index (χ3n) is 2.76. The molecule has 1 N–H and O–H groups in total. The summed E-state index contributed by atoms with van der Waals surface area (Å²) >= 11 is 1.58. The zero-order valence-corrected chi connectivity index (χ0v) is 10.8. The topological polar surface area (TPSA) is 29.5 Å². The molecular formula is C14H16O2S. The van der Waals surface area contributed by atoms with Crippen molar-refractivity contribution < 1.29 is 9.84 Å². The van der Waals surface area contributed by atoms with E-state index in [9.17, 15) is 5.11 Å². The normalized spacial score (nSPS) is 14.3. The van der Waals surface area contributed by atoms with Crippen molar-refractivity contribution in [3.05, 3.63) is 52.2 Å². The minimum absolute atomic E-state index is 0.609. The minimum atomic E-state index is -0.803. The van der Waals surface area contributed by atoms with Crippen LogP contribution in [0.2, 0.25) is 0 Å². The van der Waals surface area contributed by atoms with Crippen molar-refractivity contribution in [3.63, 3.8) is 0 Å². The molecule has 0 spiro atoms. The third kappa shape index (κ3) is 2.87. The van der Waals surface area contributed by atoms with Crippen molar-refractivity contribution in [2.45, 2.75) is 18.9 Å². The van der Waals surface area contributed by atoms with Gasteiger partial charge in [-0.1, -0.05) is 18.2 Å². The number of hydrogen-bond donors (Lipinski definition) is 1. The van der Waals surface area contributed by atoms with Crippen LogP contribution in [-0.2, 0) is 12.0 Å². The Morgan fingerprint density at radius 3 is 2.47 bits per heavy atom. The van der Waals surface area contributed by atoms with Gasteiger partial charge in [0.15, 0.2) is 0 Å². The average Bonchev–Trinajstić information content (AvgIpc) is 2.84. The molecule has 0 fully saturated rings. The van der Waals surface area contributed by atoms with E-state index in [4.69, 9.17) is 4.74 Å². The number of thiophene rings is 1. The smallest absolute Gasteiger partial charge is 0.118 e. The first-order valence-electron chi connectivity index (χ1n) is 5.51. The predicted octanol–water partition coefficient (Wildman–Crippen LogP) is 3.21. The Labute approximate surface area is 105 Å². The second-order valence-corrected chi connectivity index (χ2v) is 5.22. The van der Waals surface area contributed by atoms with Crippen LogP contribution in [0.1, 0.15) is 17.4 Å². The number of methoxy groups -OCH3 is 1. The van der Waals surface area contributed by atoms with Gasteiger partial charge in [-0.15, -0.1) is 11.3 Å². The fraction of sp³-hybridized carbons (Fsp3) is 0.286. The van der Waals surface area contributed by atoms with Gasteiger partial charge in [0.1, 0.15) is 5.75 Å². The molecule has 2 rings (SSSR count). The summed E-state index contributed by atoms with van der Waals surface area (Å²) < 4.78 is 5.11. The molecule has 0 aliphatic carbocycles. The van der Waals surface area contributed by atoms with Gasteiger partial charge in [-0.05, 0) is 36.1 Å². The first-order valence-corrected chi connectivity index (χ1v) is 6.39. The molecule has 2 aromatic rings. The van der Waals surface area contributed by atoms with Gasteiger partial charge in [0.25, 0.3) is 0 Å². The summed E-state index contributed by atoms with van der Waals surface area (Å²) in [6.45, 7) is 1.85. The molecule has 0 saturated heterocycles. The summed E-state index contributed by atoms with van der Waals surface area (Å²) in [6, 6.07) is 11.7. The molecule has 1 atom stereocenters. The third-order valence-corrected chi connectivity index (χ3v) is 3.88. The summed E-state index contributed by atoms with van der Waals surface area (Å²) in [4.78, 5) is 0.994.